The molecule has 6 heteroatoms. The molecule has 0 aliphatic carbocycles. The third-order valence-electron chi connectivity index (χ3n) is 5.23. The monoisotopic (exact) mass is 343 g/mol. The average molecular weight is 343 g/mol. The van der Waals surface area contributed by atoms with Crippen LogP contribution in [0.4, 0.5) is 4.79 Å². The van der Waals surface area contributed by atoms with Crippen molar-refractivity contribution in [2.75, 3.05) is 46.8 Å². The molecular formula is C19H25N3O3. The van der Waals surface area contributed by atoms with E-state index < -0.39 is 11.4 Å². The molecule has 1 aromatic rings. The number of urea groups is 1. The Morgan fingerprint density at radius 2 is 1.96 bits per heavy atom. The molecule has 0 aromatic heterocycles. The number of carbonyl (C=O) groups excluding carboxylic acids is 1. The minimum atomic E-state index is -0.841. The summed E-state index contributed by atoms with van der Waals surface area (Å²) in [6.07, 6.45) is 4.14. The molecule has 25 heavy (non-hydrogen) atoms. The smallest absolute Gasteiger partial charge is 0.319 e. The predicted octanol–water partition coefficient (Wildman–Crippen LogP) is 1.70. The highest BCUT2D eigenvalue weighted by molar-refractivity contribution is 5.80. The van der Waals surface area contributed by atoms with Crippen molar-refractivity contribution in [3.05, 3.63) is 42.0 Å². The molecule has 2 saturated heterocycles. The van der Waals surface area contributed by atoms with Gasteiger partial charge in [-0.3, -0.25) is 9.69 Å². The van der Waals surface area contributed by atoms with E-state index in [2.05, 4.69) is 17.1 Å². The van der Waals surface area contributed by atoms with Gasteiger partial charge in [0.1, 0.15) is 5.41 Å². The Morgan fingerprint density at radius 3 is 2.56 bits per heavy atom. The first-order chi connectivity index (χ1) is 11.9. The maximum atomic E-state index is 12.2. The molecular weight excluding hydrogens is 318 g/mol. The number of hydrogen-bond acceptors (Lipinski definition) is 3. The van der Waals surface area contributed by atoms with Crippen molar-refractivity contribution in [3.63, 3.8) is 0 Å². The van der Waals surface area contributed by atoms with E-state index in [1.54, 1.807) is 19.0 Å². The maximum Gasteiger partial charge on any atom is 0.319 e. The highest BCUT2D eigenvalue weighted by Gasteiger charge is 2.58. The van der Waals surface area contributed by atoms with Crippen molar-refractivity contribution in [1.29, 1.82) is 0 Å². The molecule has 0 unspecified atom stereocenters. The Hall–Kier alpha value is -2.34. The van der Waals surface area contributed by atoms with E-state index >= 15 is 0 Å². The van der Waals surface area contributed by atoms with Crippen molar-refractivity contribution in [3.8, 4) is 0 Å². The summed E-state index contributed by atoms with van der Waals surface area (Å²) in [4.78, 5) is 29.5. The van der Waals surface area contributed by atoms with Crippen LogP contribution in [0.1, 0.15) is 5.56 Å². The SMILES string of the molecule is CN(C)C(=O)N1C[C@@H]2CN(C/C=C/c3ccccc3)C[C@]2(C(=O)O)C1. The van der Waals surface area contributed by atoms with Crippen LogP contribution in [0.3, 0.4) is 0 Å². The molecule has 3 rings (SSSR count). The number of benzene rings is 1. The van der Waals surface area contributed by atoms with Gasteiger partial charge in [0.05, 0.1) is 0 Å². The Labute approximate surface area is 148 Å². The highest BCUT2D eigenvalue weighted by atomic mass is 16.4. The zero-order valence-electron chi connectivity index (χ0n) is 14.8. The van der Waals surface area contributed by atoms with E-state index in [4.69, 9.17) is 0 Å². The van der Waals surface area contributed by atoms with Crippen LogP contribution in [0, 0.1) is 11.3 Å². The molecule has 0 saturated carbocycles. The Morgan fingerprint density at radius 1 is 1.24 bits per heavy atom. The Balaban J connectivity index is 1.65. The molecule has 0 bridgehead atoms. The molecule has 2 amide bonds. The Kier molecular flexibility index (Phi) is 4.81. The van der Waals surface area contributed by atoms with Crippen molar-refractivity contribution < 1.29 is 14.7 Å². The lowest BCUT2D eigenvalue weighted by atomic mass is 9.81. The second-order valence-corrected chi connectivity index (χ2v) is 7.22. The standard InChI is InChI=1S/C19H25N3O3/c1-20(2)18(25)22-12-16-11-21(13-19(16,14-22)17(23)24)10-6-9-15-7-4-3-5-8-15/h3-9,16H,10-14H2,1-2H3,(H,23,24)/b9-6+/t16-,19-/m0/s1. The van der Waals surface area contributed by atoms with E-state index in [1.807, 2.05) is 30.3 Å². The number of hydrogen-bond donors (Lipinski definition) is 1. The van der Waals surface area contributed by atoms with Gasteiger partial charge in [-0.1, -0.05) is 42.5 Å². The molecule has 2 aliphatic rings. The number of nitrogens with zero attached hydrogens (tertiary/aromatic N) is 3. The van der Waals surface area contributed by atoms with Gasteiger partial charge in [-0.15, -0.1) is 0 Å². The molecule has 1 aromatic carbocycles. The van der Waals surface area contributed by atoms with Gasteiger partial charge in [-0.25, -0.2) is 4.79 Å². The van der Waals surface area contributed by atoms with E-state index in [1.165, 1.54) is 4.90 Å². The second kappa shape index (κ2) is 6.88. The summed E-state index contributed by atoms with van der Waals surface area (Å²) in [6.45, 7) is 2.74. The first kappa shape index (κ1) is 17.5. The minimum Gasteiger partial charge on any atom is -0.481 e. The number of carboxylic acids is 1. The van der Waals surface area contributed by atoms with Crippen LogP contribution in [0.25, 0.3) is 6.08 Å². The summed E-state index contributed by atoms with van der Waals surface area (Å²) in [6, 6.07) is 9.95. The number of amides is 2. The first-order valence-electron chi connectivity index (χ1n) is 8.56. The molecule has 2 heterocycles. The number of carboxylic acid groups (broad SMARTS) is 1. The normalized spacial score (nSPS) is 26.2. The van der Waals surface area contributed by atoms with E-state index in [-0.39, 0.29) is 11.9 Å². The molecule has 2 aliphatic heterocycles. The van der Waals surface area contributed by atoms with Gasteiger partial charge in [0.25, 0.3) is 0 Å². The first-order valence-corrected chi connectivity index (χ1v) is 8.56. The largest absolute Gasteiger partial charge is 0.481 e. The average Bonchev–Trinajstić information content (AvgIpc) is 3.10. The lowest BCUT2D eigenvalue weighted by Gasteiger charge is -2.26. The number of rotatable bonds is 4. The van der Waals surface area contributed by atoms with Crippen LogP contribution in [-0.4, -0.2) is 78.6 Å². The van der Waals surface area contributed by atoms with Crippen LogP contribution >= 0.6 is 0 Å². The van der Waals surface area contributed by atoms with Crippen LogP contribution in [0.5, 0.6) is 0 Å². The molecule has 0 radical (unpaired) electrons. The summed E-state index contributed by atoms with van der Waals surface area (Å²) < 4.78 is 0. The van der Waals surface area contributed by atoms with Crippen LogP contribution in [0.15, 0.2) is 36.4 Å². The van der Waals surface area contributed by atoms with Crippen LogP contribution in [0.2, 0.25) is 0 Å². The molecule has 6 nitrogen and oxygen atoms in total. The van der Waals surface area contributed by atoms with Crippen molar-refractivity contribution in [2.24, 2.45) is 11.3 Å². The fourth-order valence-electron chi connectivity index (χ4n) is 3.94. The number of likely N-dealkylation sites (tertiary alicyclic amines) is 2. The summed E-state index contributed by atoms with van der Waals surface area (Å²) >= 11 is 0. The van der Waals surface area contributed by atoms with Gasteiger partial charge in [0, 0.05) is 52.7 Å². The zero-order valence-corrected chi connectivity index (χ0v) is 14.8. The van der Waals surface area contributed by atoms with Gasteiger partial charge in [0.15, 0.2) is 0 Å². The van der Waals surface area contributed by atoms with Gasteiger partial charge in [-0.2, -0.15) is 0 Å². The van der Waals surface area contributed by atoms with E-state index in [0.29, 0.717) is 26.2 Å². The molecule has 1 N–H and O–H groups in total. The van der Waals surface area contributed by atoms with Gasteiger partial charge < -0.3 is 14.9 Å². The van der Waals surface area contributed by atoms with Gasteiger partial charge in [0.2, 0.25) is 0 Å². The van der Waals surface area contributed by atoms with Crippen LogP contribution < -0.4 is 0 Å². The van der Waals surface area contributed by atoms with Gasteiger partial charge >= 0.3 is 12.0 Å². The molecule has 0 spiro atoms. The summed E-state index contributed by atoms with van der Waals surface area (Å²) in [5, 5.41) is 9.84. The van der Waals surface area contributed by atoms with Crippen LogP contribution in [-0.2, 0) is 4.79 Å². The Bertz CT molecular complexity index is 674. The summed E-state index contributed by atoms with van der Waals surface area (Å²) in [5.74, 6) is -0.805. The van der Waals surface area contributed by atoms with Crippen molar-refractivity contribution in [1.82, 2.24) is 14.7 Å². The van der Waals surface area contributed by atoms with E-state index in [9.17, 15) is 14.7 Å². The summed E-state index contributed by atoms with van der Waals surface area (Å²) in [5.41, 5.74) is 0.296. The third kappa shape index (κ3) is 3.39. The zero-order chi connectivity index (χ0) is 18.0. The second-order valence-electron chi connectivity index (χ2n) is 7.22. The lowest BCUT2D eigenvalue weighted by molar-refractivity contribution is -0.148. The lowest BCUT2D eigenvalue weighted by Crippen LogP contribution is -2.44. The van der Waals surface area contributed by atoms with Gasteiger partial charge in [-0.05, 0) is 5.56 Å². The number of fused-ring (bicyclic) bond motifs is 1. The maximum absolute atomic E-state index is 12.2. The fourth-order valence-corrected chi connectivity index (χ4v) is 3.94. The topological polar surface area (TPSA) is 64.1 Å². The van der Waals surface area contributed by atoms with E-state index in [0.717, 1.165) is 12.1 Å². The fraction of sp³-hybridized carbons (Fsp3) is 0.474. The summed E-state index contributed by atoms with van der Waals surface area (Å²) in [7, 11) is 3.40. The minimum absolute atomic E-state index is 0.0148. The molecule has 2 atom stereocenters. The third-order valence-corrected chi connectivity index (χ3v) is 5.23. The highest BCUT2D eigenvalue weighted by Crippen LogP contribution is 2.43. The number of carbonyl (C=O) groups is 2. The molecule has 2 fully saturated rings. The molecule has 134 valence electrons. The predicted molar refractivity (Wildman–Crippen MR) is 96.1 cm³/mol. The number of aliphatic carboxylic acids is 1. The quantitative estimate of drug-likeness (QED) is 0.904. The van der Waals surface area contributed by atoms with Crippen molar-refractivity contribution in [2.45, 2.75) is 0 Å². The van der Waals surface area contributed by atoms with Crippen molar-refractivity contribution >= 4 is 18.1 Å².